The highest BCUT2D eigenvalue weighted by atomic mass is 32.2. The molecular weight excluding hydrogens is 332 g/mol. The minimum Gasteiger partial charge on any atom is -0.279 e. The molecule has 0 bridgehead atoms. The van der Waals surface area contributed by atoms with Gasteiger partial charge in [0, 0.05) is 11.3 Å². The molecule has 0 radical (unpaired) electrons. The maximum Gasteiger partial charge on any atom is 0.306 e. The Morgan fingerprint density at radius 2 is 1.76 bits per heavy atom. The average molecular weight is 350 g/mol. The van der Waals surface area contributed by atoms with Crippen LogP contribution in [0.3, 0.4) is 0 Å². The number of unbranched alkanes of at least 4 members (excludes halogenated alkanes) is 1. The number of para-hydroxylation sites is 2. The summed E-state index contributed by atoms with van der Waals surface area (Å²) in [7, 11) is 0. The Labute approximate surface area is 150 Å². The van der Waals surface area contributed by atoms with E-state index in [4.69, 9.17) is 0 Å². The normalized spacial score (nSPS) is 21.8. The molecule has 5 heteroatoms. The van der Waals surface area contributed by atoms with Crippen molar-refractivity contribution >= 4 is 40.0 Å². The highest BCUT2D eigenvalue weighted by Crippen LogP contribution is 2.50. The van der Waals surface area contributed by atoms with Crippen molar-refractivity contribution in [1.82, 2.24) is 0 Å². The summed E-state index contributed by atoms with van der Waals surface area (Å²) < 4.78 is -0.905. The van der Waals surface area contributed by atoms with Crippen LogP contribution in [-0.4, -0.2) is 21.6 Å². The minimum atomic E-state index is -0.905. The second-order valence-electron chi connectivity index (χ2n) is 6.25. The van der Waals surface area contributed by atoms with Crippen LogP contribution >= 0.6 is 11.8 Å². The van der Waals surface area contributed by atoms with Gasteiger partial charge in [-0.3, -0.25) is 14.5 Å². The van der Waals surface area contributed by atoms with Crippen LogP contribution in [0, 0.1) is 0 Å². The summed E-state index contributed by atoms with van der Waals surface area (Å²) in [6.07, 6.45) is 2.45. The zero-order chi connectivity index (χ0) is 17.4. The number of benzene rings is 2. The molecule has 2 aromatic carbocycles. The molecule has 2 aliphatic heterocycles. The van der Waals surface area contributed by atoms with Crippen molar-refractivity contribution in [3.63, 3.8) is 0 Å². The summed E-state index contributed by atoms with van der Waals surface area (Å²) in [5.41, 5.74) is 3.11. The van der Waals surface area contributed by atoms with Gasteiger partial charge in [-0.05, 0) is 36.4 Å². The molecule has 0 spiro atoms. The minimum absolute atomic E-state index is 0.0690. The van der Waals surface area contributed by atoms with Crippen LogP contribution in [0.2, 0.25) is 0 Å². The van der Waals surface area contributed by atoms with Gasteiger partial charge in [0.2, 0.25) is 0 Å². The zero-order valence-electron chi connectivity index (χ0n) is 13.9. The van der Waals surface area contributed by atoms with Gasteiger partial charge in [0.05, 0.1) is 11.4 Å². The number of carbonyl (C=O) groups excluding carboxylic acids is 2. The zero-order valence-corrected chi connectivity index (χ0v) is 14.8. The molecule has 2 heterocycles. The van der Waals surface area contributed by atoms with Gasteiger partial charge in [-0.15, -0.1) is 0 Å². The smallest absolute Gasteiger partial charge is 0.279 e. The van der Waals surface area contributed by atoms with E-state index in [1.54, 1.807) is 4.90 Å². The van der Waals surface area contributed by atoms with Crippen LogP contribution in [0.25, 0.3) is 0 Å². The third-order valence-electron chi connectivity index (χ3n) is 4.69. The van der Waals surface area contributed by atoms with Crippen LogP contribution in [0.4, 0.5) is 16.2 Å². The standard InChI is InChI=1S/C20H18N2O2S/c1-2-3-13-20-17(21-19(24)25-20)15-11-7-8-12-16(15)22(18(20)23)14-9-5-4-6-10-14/h4-12H,2-3,13H2,1H3. The van der Waals surface area contributed by atoms with E-state index >= 15 is 0 Å². The van der Waals surface area contributed by atoms with Crippen molar-refractivity contribution in [2.24, 2.45) is 4.99 Å². The molecule has 0 fully saturated rings. The van der Waals surface area contributed by atoms with Crippen molar-refractivity contribution in [3.05, 3.63) is 60.2 Å². The van der Waals surface area contributed by atoms with E-state index in [0.29, 0.717) is 12.1 Å². The molecule has 2 aliphatic rings. The van der Waals surface area contributed by atoms with Crippen molar-refractivity contribution < 1.29 is 9.59 Å². The molecule has 4 nitrogen and oxygen atoms in total. The fourth-order valence-electron chi connectivity index (χ4n) is 3.52. The lowest BCUT2D eigenvalue weighted by molar-refractivity contribution is -0.118. The first-order valence-corrected chi connectivity index (χ1v) is 9.30. The molecule has 0 saturated heterocycles. The number of thioether (sulfide) groups is 1. The molecule has 2 amide bonds. The molecule has 25 heavy (non-hydrogen) atoms. The third kappa shape index (κ3) is 2.42. The fraction of sp³-hybridized carbons (Fsp3) is 0.250. The number of rotatable bonds is 4. The molecule has 2 aromatic rings. The summed E-state index contributed by atoms with van der Waals surface area (Å²) in [6.45, 7) is 2.09. The first-order valence-electron chi connectivity index (χ1n) is 8.48. The van der Waals surface area contributed by atoms with E-state index < -0.39 is 4.75 Å². The third-order valence-corrected chi connectivity index (χ3v) is 5.88. The van der Waals surface area contributed by atoms with Crippen molar-refractivity contribution in [2.45, 2.75) is 30.9 Å². The predicted octanol–water partition coefficient (Wildman–Crippen LogP) is 4.95. The molecular formula is C20H18N2O2S. The van der Waals surface area contributed by atoms with E-state index in [9.17, 15) is 9.59 Å². The van der Waals surface area contributed by atoms with Gasteiger partial charge in [-0.25, -0.2) is 4.99 Å². The molecule has 0 aliphatic carbocycles. The molecule has 0 N–H and O–H groups in total. The van der Waals surface area contributed by atoms with Crippen LogP contribution in [0.5, 0.6) is 0 Å². The van der Waals surface area contributed by atoms with Crippen molar-refractivity contribution in [2.75, 3.05) is 4.90 Å². The Hall–Kier alpha value is -2.40. The van der Waals surface area contributed by atoms with Crippen molar-refractivity contribution in [3.8, 4) is 0 Å². The Morgan fingerprint density at radius 3 is 2.52 bits per heavy atom. The van der Waals surface area contributed by atoms with Gasteiger partial charge in [-0.1, -0.05) is 56.2 Å². The summed E-state index contributed by atoms with van der Waals surface area (Å²) in [6, 6.07) is 17.3. The topological polar surface area (TPSA) is 49.7 Å². The fourth-order valence-corrected chi connectivity index (χ4v) is 4.63. The van der Waals surface area contributed by atoms with Crippen LogP contribution in [0.1, 0.15) is 31.7 Å². The molecule has 126 valence electrons. The Balaban J connectivity index is 1.94. The Morgan fingerprint density at radius 1 is 1.04 bits per heavy atom. The maximum atomic E-state index is 13.6. The monoisotopic (exact) mass is 350 g/mol. The lowest BCUT2D eigenvalue weighted by atomic mass is 9.84. The SMILES string of the molecule is CCCCC12SC(=O)N=C1c1ccccc1N(c1ccccc1)C2=O. The number of anilines is 2. The highest BCUT2D eigenvalue weighted by molar-refractivity contribution is 8.16. The van der Waals surface area contributed by atoms with Crippen LogP contribution in [0.15, 0.2) is 59.6 Å². The van der Waals surface area contributed by atoms with E-state index in [-0.39, 0.29) is 11.1 Å². The molecule has 4 rings (SSSR count). The molecule has 0 saturated carbocycles. The molecule has 1 atom stereocenters. The summed E-state index contributed by atoms with van der Waals surface area (Å²) in [5.74, 6) is -0.0690. The number of nitrogens with zero attached hydrogens (tertiary/aromatic N) is 2. The molecule has 0 aromatic heterocycles. The highest BCUT2D eigenvalue weighted by Gasteiger charge is 2.56. The van der Waals surface area contributed by atoms with Gasteiger partial charge >= 0.3 is 5.24 Å². The quantitative estimate of drug-likeness (QED) is 0.784. The molecule has 1 unspecified atom stereocenters. The number of fused-ring (bicyclic) bond motifs is 3. The first kappa shape index (κ1) is 16.1. The van der Waals surface area contributed by atoms with E-state index in [2.05, 4.69) is 11.9 Å². The van der Waals surface area contributed by atoms with Gasteiger partial charge in [0.15, 0.2) is 0 Å². The Kier molecular flexibility index (Phi) is 3.96. The van der Waals surface area contributed by atoms with Gasteiger partial charge in [-0.2, -0.15) is 0 Å². The number of carbonyl (C=O) groups is 2. The largest absolute Gasteiger partial charge is 0.306 e. The van der Waals surface area contributed by atoms with Crippen molar-refractivity contribution in [1.29, 1.82) is 0 Å². The van der Waals surface area contributed by atoms with Crippen LogP contribution in [-0.2, 0) is 4.79 Å². The van der Waals surface area contributed by atoms with Gasteiger partial charge < -0.3 is 0 Å². The first-order chi connectivity index (χ1) is 12.2. The van der Waals surface area contributed by atoms with E-state index in [1.165, 1.54) is 0 Å². The number of hydrogen-bond acceptors (Lipinski definition) is 3. The second-order valence-corrected chi connectivity index (χ2v) is 7.50. The van der Waals surface area contributed by atoms with Gasteiger partial charge in [0.25, 0.3) is 5.91 Å². The average Bonchev–Trinajstić information content (AvgIpc) is 2.99. The number of hydrogen-bond donors (Lipinski definition) is 0. The number of aliphatic imine (C=N–C) groups is 1. The maximum absolute atomic E-state index is 13.6. The lowest BCUT2D eigenvalue weighted by Gasteiger charge is -2.40. The summed E-state index contributed by atoms with van der Waals surface area (Å²) >= 11 is 1.07. The lowest BCUT2D eigenvalue weighted by Crippen LogP contribution is -2.53. The van der Waals surface area contributed by atoms with E-state index in [1.807, 2.05) is 54.6 Å². The van der Waals surface area contributed by atoms with Crippen LogP contribution < -0.4 is 4.90 Å². The van der Waals surface area contributed by atoms with Gasteiger partial charge in [0.1, 0.15) is 4.75 Å². The Bertz CT molecular complexity index is 878. The summed E-state index contributed by atoms with van der Waals surface area (Å²) in [4.78, 5) is 31.8. The second kappa shape index (κ2) is 6.15. The number of amides is 2. The predicted molar refractivity (Wildman–Crippen MR) is 102 cm³/mol. The summed E-state index contributed by atoms with van der Waals surface area (Å²) in [5, 5.41) is -0.274. The van der Waals surface area contributed by atoms with E-state index in [0.717, 1.165) is 41.5 Å².